The Morgan fingerprint density at radius 1 is 1.25 bits per heavy atom. The summed E-state index contributed by atoms with van der Waals surface area (Å²) in [6, 6.07) is 4.05. The largest absolute Gasteiger partial charge is 0.395 e. The summed E-state index contributed by atoms with van der Waals surface area (Å²) in [5, 5.41) is 17.8. The molecule has 0 radical (unpaired) electrons. The van der Waals surface area contributed by atoms with Crippen molar-refractivity contribution in [3.63, 3.8) is 0 Å². The summed E-state index contributed by atoms with van der Waals surface area (Å²) in [6.07, 6.45) is 0. The van der Waals surface area contributed by atoms with Gasteiger partial charge in [-0.15, -0.1) is 0 Å². The van der Waals surface area contributed by atoms with E-state index in [4.69, 9.17) is 15.9 Å². The number of hydrogen-bond donors (Lipinski definition) is 3. The molecular weight excluding hydrogens is 284 g/mol. The first kappa shape index (κ1) is 16.6. The summed E-state index contributed by atoms with van der Waals surface area (Å²) >= 11 is 0. The zero-order valence-electron chi connectivity index (χ0n) is 11.1. The monoisotopic (exact) mass is 302 g/mol. The molecule has 0 saturated carbocycles. The van der Waals surface area contributed by atoms with Crippen LogP contribution in [-0.4, -0.2) is 55.1 Å². The van der Waals surface area contributed by atoms with Crippen LogP contribution in [0.5, 0.6) is 0 Å². The standard InChI is InChI=1S/C12H18N2O5S/c1-9-2-3-10(8-11(9)12(13)17)20(18,19)14(4-6-15)5-7-16/h2-3,8,15-16H,4-7H2,1H3,(H2,13,17). The molecule has 0 aliphatic heterocycles. The molecule has 0 aliphatic rings. The predicted molar refractivity (Wildman–Crippen MR) is 72.6 cm³/mol. The molecular formula is C12H18N2O5S. The van der Waals surface area contributed by atoms with Gasteiger partial charge in [-0.3, -0.25) is 4.79 Å². The third-order valence-electron chi connectivity index (χ3n) is 2.81. The van der Waals surface area contributed by atoms with E-state index in [1.54, 1.807) is 6.92 Å². The fourth-order valence-electron chi connectivity index (χ4n) is 1.75. The molecule has 0 aromatic heterocycles. The molecule has 0 heterocycles. The molecule has 8 heteroatoms. The number of hydrogen-bond acceptors (Lipinski definition) is 5. The van der Waals surface area contributed by atoms with Crippen molar-refractivity contribution in [1.82, 2.24) is 4.31 Å². The molecule has 7 nitrogen and oxygen atoms in total. The Morgan fingerprint density at radius 2 is 1.80 bits per heavy atom. The minimum atomic E-state index is -3.89. The van der Waals surface area contributed by atoms with Crippen molar-refractivity contribution < 1.29 is 23.4 Å². The SMILES string of the molecule is Cc1ccc(S(=O)(=O)N(CCO)CCO)cc1C(N)=O. The molecule has 0 spiro atoms. The first-order chi connectivity index (χ1) is 9.34. The molecule has 1 rings (SSSR count). The number of sulfonamides is 1. The Morgan fingerprint density at radius 3 is 2.25 bits per heavy atom. The van der Waals surface area contributed by atoms with E-state index < -0.39 is 15.9 Å². The van der Waals surface area contributed by atoms with Crippen LogP contribution in [0.2, 0.25) is 0 Å². The maximum absolute atomic E-state index is 12.3. The zero-order chi connectivity index (χ0) is 15.3. The summed E-state index contributed by atoms with van der Waals surface area (Å²) in [4.78, 5) is 11.2. The van der Waals surface area contributed by atoms with Gasteiger partial charge in [-0.25, -0.2) is 8.42 Å². The number of aliphatic hydroxyl groups is 2. The van der Waals surface area contributed by atoms with Gasteiger partial charge in [-0.2, -0.15) is 4.31 Å². The first-order valence-corrected chi connectivity index (χ1v) is 7.41. The molecule has 20 heavy (non-hydrogen) atoms. The van der Waals surface area contributed by atoms with E-state index in [-0.39, 0.29) is 36.8 Å². The number of amides is 1. The molecule has 0 saturated heterocycles. The molecule has 0 unspecified atom stereocenters. The van der Waals surface area contributed by atoms with Crippen molar-refractivity contribution in [3.05, 3.63) is 29.3 Å². The van der Waals surface area contributed by atoms with Crippen LogP contribution in [0.3, 0.4) is 0 Å². The lowest BCUT2D eigenvalue weighted by atomic mass is 10.1. The van der Waals surface area contributed by atoms with Gasteiger partial charge in [-0.05, 0) is 24.6 Å². The number of aliphatic hydroxyl groups excluding tert-OH is 2. The van der Waals surface area contributed by atoms with Crippen LogP contribution in [-0.2, 0) is 10.0 Å². The number of nitrogens with two attached hydrogens (primary N) is 1. The second kappa shape index (κ2) is 6.80. The molecule has 4 N–H and O–H groups in total. The van der Waals surface area contributed by atoms with E-state index in [2.05, 4.69) is 0 Å². The number of rotatable bonds is 7. The summed E-state index contributed by atoms with van der Waals surface area (Å²) in [5.41, 5.74) is 5.89. The van der Waals surface area contributed by atoms with Crippen LogP contribution in [0, 0.1) is 6.92 Å². The predicted octanol–water partition coefficient (Wildman–Crippen LogP) is -0.931. The van der Waals surface area contributed by atoms with Crippen LogP contribution < -0.4 is 5.73 Å². The molecule has 112 valence electrons. The lowest BCUT2D eigenvalue weighted by molar-refractivity contribution is 0.0999. The van der Waals surface area contributed by atoms with E-state index in [0.29, 0.717) is 5.56 Å². The Kier molecular flexibility index (Phi) is 5.63. The fraction of sp³-hybridized carbons (Fsp3) is 0.417. The number of primary amides is 1. The van der Waals surface area contributed by atoms with Gasteiger partial charge in [0.15, 0.2) is 0 Å². The van der Waals surface area contributed by atoms with Gasteiger partial charge >= 0.3 is 0 Å². The average molecular weight is 302 g/mol. The second-order valence-electron chi connectivity index (χ2n) is 4.19. The quantitative estimate of drug-likeness (QED) is 0.601. The topological polar surface area (TPSA) is 121 Å². The van der Waals surface area contributed by atoms with Crippen molar-refractivity contribution in [2.45, 2.75) is 11.8 Å². The minimum Gasteiger partial charge on any atom is -0.395 e. The number of benzene rings is 1. The van der Waals surface area contributed by atoms with Crippen molar-refractivity contribution in [1.29, 1.82) is 0 Å². The Bertz CT molecular complexity index is 580. The van der Waals surface area contributed by atoms with Crippen LogP contribution in [0.1, 0.15) is 15.9 Å². The van der Waals surface area contributed by atoms with Crippen molar-refractivity contribution in [2.24, 2.45) is 5.73 Å². The normalized spacial score (nSPS) is 11.8. The van der Waals surface area contributed by atoms with Gasteiger partial charge in [0.25, 0.3) is 0 Å². The molecule has 0 fully saturated rings. The summed E-state index contributed by atoms with van der Waals surface area (Å²) < 4.78 is 25.6. The third kappa shape index (κ3) is 3.54. The van der Waals surface area contributed by atoms with E-state index >= 15 is 0 Å². The molecule has 1 aromatic rings. The zero-order valence-corrected chi connectivity index (χ0v) is 11.9. The number of nitrogens with zero attached hydrogens (tertiary/aromatic N) is 1. The van der Waals surface area contributed by atoms with Crippen LogP contribution in [0.15, 0.2) is 23.1 Å². The molecule has 0 atom stereocenters. The number of carbonyl (C=O) groups excluding carboxylic acids is 1. The van der Waals surface area contributed by atoms with Crippen molar-refractivity contribution in [2.75, 3.05) is 26.3 Å². The smallest absolute Gasteiger partial charge is 0.249 e. The second-order valence-corrected chi connectivity index (χ2v) is 6.13. The van der Waals surface area contributed by atoms with Gasteiger partial charge in [0.05, 0.1) is 18.1 Å². The minimum absolute atomic E-state index is 0.0983. The fourth-order valence-corrected chi connectivity index (χ4v) is 3.20. The van der Waals surface area contributed by atoms with E-state index in [9.17, 15) is 13.2 Å². The molecule has 0 bridgehead atoms. The van der Waals surface area contributed by atoms with Gasteiger partial charge < -0.3 is 15.9 Å². The third-order valence-corrected chi connectivity index (χ3v) is 4.71. The highest BCUT2D eigenvalue weighted by molar-refractivity contribution is 7.89. The highest BCUT2D eigenvalue weighted by atomic mass is 32.2. The van der Waals surface area contributed by atoms with Crippen molar-refractivity contribution in [3.8, 4) is 0 Å². The number of carbonyl (C=O) groups is 1. The molecule has 1 aromatic carbocycles. The highest BCUT2D eigenvalue weighted by Crippen LogP contribution is 2.19. The van der Waals surface area contributed by atoms with Gasteiger partial charge in [0, 0.05) is 18.7 Å². The van der Waals surface area contributed by atoms with E-state index in [1.807, 2.05) is 0 Å². The summed E-state index contributed by atoms with van der Waals surface area (Å²) in [7, 11) is -3.89. The van der Waals surface area contributed by atoms with Gasteiger partial charge in [-0.1, -0.05) is 6.07 Å². The van der Waals surface area contributed by atoms with E-state index in [0.717, 1.165) is 4.31 Å². The summed E-state index contributed by atoms with van der Waals surface area (Å²) in [6.45, 7) is 0.641. The van der Waals surface area contributed by atoms with Crippen LogP contribution in [0.4, 0.5) is 0 Å². The first-order valence-electron chi connectivity index (χ1n) is 5.97. The molecule has 0 aliphatic carbocycles. The number of aryl methyl sites for hydroxylation is 1. The highest BCUT2D eigenvalue weighted by Gasteiger charge is 2.24. The van der Waals surface area contributed by atoms with Gasteiger partial charge in [0.2, 0.25) is 15.9 Å². The Balaban J connectivity index is 3.26. The Hall–Kier alpha value is -1.48. The maximum Gasteiger partial charge on any atom is 0.249 e. The van der Waals surface area contributed by atoms with E-state index in [1.165, 1.54) is 18.2 Å². The average Bonchev–Trinajstić information content (AvgIpc) is 2.38. The summed E-state index contributed by atoms with van der Waals surface area (Å²) in [5.74, 6) is -0.713. The maximum atomic E-state index is 12.3. The van der Waals surface area contributed by atoms with Gasteiger partial charge in [0.1, 0.15) is 0 Å². The Labute approximate surface area is 117 Å². The lowest BCUT2D eigenvalue weighted by Crippen LogP contribution is -2.36. The molecule has 1 amide bonds. The van der Waals surface area contributed by atoms with Crippen LogP contribution >= 0.6 is 0 Å². The lowest BCUT2D eigenvalue weighted by Gasteiger charge is -2.20. The van der Waals surface area contributed by atoms with Crippen LogP contribution in [0.25, 0.3) is 0 Å². The van der Waals surface area contributed by atoms with Crippen molar-refractivity contribution >= 4 is 15.9 Å².